The lowest BCUT2D eigenvalue weighted by Gasteiger charge is -2.31. The predicted octanol–water partition coefficient (Wildman–Crippen LogP) is 7.34. The molecule has 3 aliphatic rings. The van der Waals surface area contributed by atoms with Gasteiger partial charge in [-0.1, -0.05) is 17.8 Å². The zero-order valence-corrected chi connectivity index (χ0v) is 37.2. The molecule has 1 saturated carbocycles. The average molecular weight is 876 g/mol. The summed E-state index contributed by atoms with van der Waals surface area (Å²) in [4.78, 5) is 59.1. The molecular weight excluding hydrogens is 823 g/mol. The fraction of sp³-hybridized carbons (Fsp3) is 0.375. The predicted molar refractivity (Wildman–Crippen MR) is 247 cm³/mol. The molecule has 65 heavy (non-hydrogen) atoms. The Morgan fingerprint density at radius 1 is 1.03 bits per heavy atom. The molecule has 0 bridgehead atoms. The number of amides is 3. The summed E-state index contributed by atoms with van der Waals surface area (Å²) in [5.74, 6) is 1.99. The van der Waals surface area contributed by atoms with E-state index >= 15 is 0 Å². The molecule has 0 radical (unpaired) electrons. The number of aromatic nitrogens is 8. The van der Waals surface area contributed by atoms with Gasteiger partial charge in [0, 0.05) is 89.9 Å². The molecule has 3 amide bonds. The van der Waals surface area contributed by atoms with E-state index in [2.05, 4.69) is 75.0 Å². The number of rotatable bonds is 16. The maximum atomic E-state index is 13.8. The molecular formula is C48H53N13O4. The Hall–Kier alpha value is -7.30. The molecule has 2 fully saturated rings. The smallest absolute Gasteiger partial charge is 0.289 e. The van der Waals surface area contributed by atoms with E-state index in [1.165, 1.54) is 0 Å². The van der Waals surface area contributed by atoms with Crippen LogP contribution in [-0.4, -0.2) is 81.2 Å². The molecule has 7 aromatic rings. The first kappa shape index (κ1) is 41.7. The number of benzene rings is 2. The summed E-state index contributed by atoms with van der Waals surface area (Å²) < 4.78 is 9.49. The van der Waals surface area contributed by atoms with E-state index in [1.54, 1.807) is 4.90 Å². The number of piperidine rings is 1. The van der Waals surface area contributed by atoms with Gasteiger partial charge in [-0.25, -0.2) is 19.6 Å². The Balaban J connectivity index is 0.775. The number of aromatic amines is 1. The second-order valence-corrected chi connectivity index (χ2v) is 17.5. The summed E-state index contributed by atoms with van der Waals surface area (Å²) in [6, 6.07) is 11.5. The molecule has 1 unspecified atom stereocenters. The minimum Gasteiger partial charge on any atom is -0.385 e. The maximum absolute atomic E-state index is 13.8. The van der Waals surface area contributed by atoms with Gasteiger partial charge >= 0.3 is 0 Å². The molecule has 2 aromatic carbocycles. The molecule has 5 aromatic heterocycles. The van der Waals surface area contributed by atoms with Gasteiger partial charge in [0.05, 0.1) is 28.8 Å². The Morgan fingerprint density at radius 3 is 2.68 bits per heavy atom. The van der Waals surface area contributed by atoms with Crippen molar-refractivity contribution < 1.29 is 18.9 Å². The summed E-state index contributed by atoms with van der Waals surface area (Å²) in [5.41, 5.74) is 10.5. The van der Waals surface area contributed by atoms with Gasteiger partial charge in [0.25, 0.3) is 11.8 Å². The molecule has 7 heterocycles. The van der Waals surface area contributed by atoms with Gasteiger partial charge in [0.2, 0.25) is 11.7 Å². The number of allylic oxidation sites excluding steroid dienone is 1. The van der Waals surface area contributed by atoms with E-state index < -0.39 is 6.04 Å². The number of fused-ring (bicyclic) bond motifs is 4. The number of hydrogen-bond donors (Lipinski definition) is 5. The molecule has 334 valence electrons. The van der Waals surface area contributed by atoms with Gasteiger partial charge in [0.15, 0.2) is 0 Å². The number of aryl methyl sites for hydroxylation is 6. The van der Waals surface area contributed by atoms with Crippen LogP contribution in [0.25, 0.3) is 33.1 Å². The number of carbonyl (C=O) groups excluding carboxylic acids is 3. The third kappa shape index (κ3) is 8.10. The zero-order valence-electron chi connectivity index (χ0n) is 37.2. The Kier molecular flexibility index (Phi) is 10.9. The third-order valence-electron chi connectivity index (χ3n) is 12.8. The van der Waals surface area contributed by atoms with Crippen molar-refractivity contribution in [3.63, 3.8) is 0 Å². The molecule has 17 nitrogen and oxygen atoms in total. The first-order valence-electron chi connectivity index (χ1n) is 22.6. The van der Waals surface area contributed by atoms with Gasteiger partial charge in [-0.05, 0) is 108 Å². The van der Waals surface area contributed by atoms with Crippen LogP contribution < -0.4 is 21.3 Å². The molecule has 17 heteroatoms. The van der Waals surface area contributed by atoms with Crippen LogP contribution >= 0.6 is 0 Å². The summed E-state index contributed by atoms with van der Waals surface area (Å²) in [6.07, 6.45) is 9.68. The summed E-state index contributed by atoms with van der Waals surface area (Å²) in [5, 5.41) is 23.7. The number of carbonyl (C=O) groups is 3. The number of hydrogen-bond acceptors (Lipinski definition) is 11. The highest BCUT2D eigenvalue weighted by Gasteiger charge is 2.39. The highest BCUT2D eigenvalue weighted by atomic mass is 16.5. The number of anilines is 3. The van der Waals surface area contributed by atoms with Crippen molar-refractivity contribution in [2.75, 3.05) is 23.7 Å². The van der Waals surface area contributed by atoms with Crippen LogP contribution in [0.4, 0.5) is 17.3 Å². The molecule has 1 atom stereocenters. The van der Waals surface area contributed by atoms with E-state index in [0.29, 0.717) is 80.6 Å². The Morgan fingerprint density at radius 2 is 1.89 bits per heavy atom. The second kappa shape index (κ2) is 17.0. The van der Waals surface area contributed by atoms with Gasteiger partial charge in [0.1, 0.15) is 29.1 Å². The number of H-pyrrole nitrogens is 1. The fourth-order valence-electron chi connectivity index (χ4n) is 9.28. The molecule has 1 saturated heterocycles. The normalized spacial score (nSPS) is 16.2. The van der Waals surface area contributed by atoms with Gasteiger partial charge in [-0.15, -0.1) is 0 Å². The van der Waals surface area contributed by atoms with Crippen LogP contribution in [0, 0.1) is 20.8 Å². The second-order valence-electron chi connectivity index (χ2n) is 17.5. The van der Waals surface area contributed by atoms with Gasteiger partial charge in [-0.3, -0.25) is 14.4 Å². The lowest BCUT2D eigenvalue weighted by molar-refractivity contribution is -0.126. The van der Waals surface area contributed by atoms with E-state index in [0.717, 1.165) is 98.6 Å². The first-order valence-corrected chi connectivity index (χ1v) is 22.6. The summed E-state index contributed by atoms with van der Waals surface area (Å²) in [7, 11) is 0. The summed E-state index contributed by atoms with van der Waals surface area (Å²) in [6.45, 7) is 14.7. The van der Waals surface area contributed by atoms with Crippen LogP contribution in [0.1, 0.15) is 106 Å². The highest BCUT2D eigenvalue weighted by molar-refractivity contribution is 6.13. The van der Waals surface area contributed by atoms with Crippen molar-refractivity contribution in [3.05, 3.63) is 107 Å². The zero-order chi connectivity index (χ0) is 44.9. The topological polar surface area (TPSA) is 206 Å². The van der Waals surface area contributed by atoms with Crippen LogP contribution in [-0.2, 0) is 30.8 Å². The van der Waals surface area contributed by atoms with Crippen molar-refractivity contribution in [3.8, 4) is 11.1 Å². The molecule has 2 aliphatic heterocycles. The fourth-order valence-corrected chi connectivity index (χ4v) is 9.28. The van der Waals surface area contributed by atoms with E-state index in [-0.39, 0.29) is 23.5 Å². The van der Waals surface area contributed by atoms with Crippen LogP contribution in [0.15, 0.2) is 65.7 Å². The van der Waals surface area contributed by atoms with Crippen LogP contribution in [0.3, 0.4) is 0 Å². The Labute approximate surface area is 375 Å². The number of nitrogens with one attached hydrogen (secondary N) is 5. The van der Waals surface area contributed by atoms with E-state index in [4.69, 9.17) is 19.6 Å². The third-order valence-corrected chi connectivity index (χ3v) is 12.8. The standard InChI is InChI=1S/C48H53N13O4/c1-6-61-40(22-37(57-61)30-14-15-30)54-44-42-34-20-26(2)33(41-28(4)58-65-29(41)5)21-38(34)53-43(42)55-45(56-44)47(63)50-18-9-19-59-23-31(51-25-59)10-8-17-49-36-12-7-11-32-35(36)24-60(48(32)64)39-16-13-27(3)52-46(39)62/h7,11-12,20-23,25,30,39,49H,3,6,8-10,13-19,24H2,1-2,4-5H3,(H,50,63)(H,52,62)(H2,53,54,55,56). The van der Waals surface area contributed by atoms with E-state index in [9.17, 15) is 14.4 Å². The lowest BCUT2D eigenvalue weighted by atomic mass is 9.97. The number of imidazole rings is 1. The minimum atomic E-state index is -0.491. The Bertz CT molecular complexity index is 3000. The first-order chi connectivity index (χ1) is 31.5. The van der Waals surface area contributed by atoms with Crippen molar-refractivity contribution in [1.82, 2.24) is 55.0 Å². The SMILES string of the molecule is C=C1CCC(N2Cc3c(NCCCc4cn(CCCNC(=O)c5nc(Nc6cc(C7CC7)nn6CC)c6c(n5)[nH]c5cc(-c7c(C)noc7C)c(C)cc56)cn4)cccc3C2=O)C(=O)N1. The monoisotopic (exact) mass is 875 g/mol. The van der Waals surface area contributed by atoms with Crippen molar-refractivity contribution in [2.24, 2.45) is 0 Å². The quantitative estimate of drug-likeness (QED) is 0.0608. The molecule has 1 aliphatic carbocycles. The maximum Gasteiger partial charge on any atom is 0.289 e. The van der Waals surface area contributed by atoms with Crippen LogP contribution in [0.5, 0.6) is 0 Å². The van der Waals surface area contributed by atoms with Gasteiger partial charge < -0.3 is 40.2 Å². The summed E-state index contributed by atoms with van der Waals surface area (Å²) >= 11 is 0. The van der Waals surface area contributed by atoms with E-state index in [1.807, 2.05) is 53.8 Å². The van der Waals surface area contributed by atoms with Crippen LogP contribution in [0.2, 0.25) is 0 Å². The minimum absolute atomic E-state index is 0.0605. The largest absolute Gasteiger partial charge is 0.385 e. The molecule has 5 N–H and O–H groups in total. The van der Waals surface area contributed by atoms with Crippen molar-refractivity contribution >= 4 is 57.0 Å². The lowest BCUT2D eigenvalue weighted by Crippen LogP contribution is -2.49. The average Bonchev–Trinajstić information content (AvgIpc) is 3.54. The molecule has 10 rings (SSSR count). The van der Waals surface area contributed by atoms with Crippen molar-refractivity contribution in [1.29, 1.82) is 0 Å². The van der Waals surface area contributed by atoms with Crippen molar-refractivity contribution in [2.45, 2.75) is 104 Å². The van der Waals surface area contributed by atoms with Gasteiger partial charge in [-0.2, -0.15) is 5.10 Å². The molecule has 0 spiro atoms. The highest BCUT2D eigenvalue weighted by Crippen LogP contribution is 2.42. The number of nitrogens with zero attached hydrogens (tertiary/aromatic N) is 8.